The van der Waals surface area contributed by atoms with Crippen molar-refractivity contribution in [2.75, 3.05) is 30.3 Å². The Bertz CT molecular complexity index is 807. The molecule has 0 bridgehead atoms. The fraction of sp³-hybridized carbons (Fsp3) is 0.903. The van der Waals surface area contributed by atoms with Crippen molar-refractivity contribution >= 4 is 11.9 Å². The molecule has 0 aromatic carbocycles. The smallest absolute Gasteiger partial charge is 0.323 e. The molecule has 0 spiro atoms. The van der Waals surface area contributed by atoms with E-state index in [0.29, 0.717) is 36.3 Å². The molecule has 8 heteroatoms. The third-order valence-electron chi connectivity index (χ3n) is 7.99. The molecule has 2 aliphatic heterocycles. The molecule has 2 aliphatic rings. The van der Waals surface area contributed by atoms with E-state index in [1.165, 1.54) is 32.1 Å². The minimum absolute atomic E-state index is 0.113. The zero-order chi connectivity index (χ0) is 28.7. The van der Waals surface area contributed by atoms with Gasteiger partial charge in [0.15, 0.2) is 0 Å². The summed E-state index contributed by atoms with van der Waals surface area (Å²) in [5.41, 5.74) is 0.451. The minimum Gasteiger partial charge on any atom is -0.463 e. The second-order valence-electron chi connectivity index (χ2n) is 15.0. The largest absolute Gasteiger partial charge is 0.463 e. The first-order valence-electron chi connectivity index (χ1n) is 15.6. The molecule has 0 atom stereocenters. The van der Waals surface area contributed by atoms with E-state index in [9.17, 15) is 0 Å². The molecule has 3 heterocycles. The van der Waals surface area contributed by atoms with Crippen LogP contribution in [0.2, 0.25) is 0 Å². The highest BCUT2D eigenvalue weighted by molar-refractivity contribution is 5.36. The van der Waals surface area contributed by atoms with E-state index in [-0.39, 0.29) is 22.2 Å². The molecule has 2 saturated heterocycles. The van der Waals surface area contributed by atoms with E-state index in [1.807, 2.05) is 0 Å². The Balaban J connectivity index is 1.64. The summed E-state index contributed by atoms with van der Waals surface area (Å²) in [5.74, 6) is 2.28. The van der Waals surface area contributed by atoms with Crippen LogP contribution in [-0.2, 0) is 0 Å². The predicted octanol–water partition coefficient (Wildman–Crippen LogP) is 6.55. The van der Waals surface area contributed by atoms with Crippen LogP contribution in [-0.4, -0.2) is 56.8 Å². The van der Waals surface area contributed by atoms with Crippen LogP contribution in [0.15, 0.2) is 0 Å². The SMILES string of the molecule is CCCCCCCCOc1nc(NCC2CC(C)(C)NC(C)(C)C2)nc(NCC2CC(C)(C)NC(C)(C)C2)n1. The second-order valence-corrected chi connectivity index (χ2v) is 15.0. The van der Waals surface area contributed by atoms with Crippen molar-refractivity contribution < 1.29 is 4.74 Å². The number of hydrogen-bond donors (Lipinski definition) is 4. The van der Waals surface area contributed by atoms with E-state index in [2.05, 4.69) is 93.5 Å². The summed E-state index contributed by atoms with van der Waals surface area (Å²) in [6.07, 6.45) is 11.8. The Labute approximate surface area is 239 Å². The van der Waals surface area contributed by atoms with Crippen LogP contribution in [0.4, 0.5) is 11.9 Å². The third-order valence-corrected chi connectivity index (χ3v) is 7.99. The second kappa shape index (κ2) is 13.3. The van der Waals surface area contributed by atoms with Crippen LogP contribution in [0.5, 0.6) is 6.01 Å². The molecule has 2 fully saturated rings. The lowest BCUT2D eigenvalue weighted by Gasteiger charge is -2.46. The van der Waals surface area contributed by atoms with Crippen molar-refractivity contribution in [1.29, 1.82) is 0 Å². The number of hydrogen-bond acceptors (Lipinski definition) is 8. The van der Waals surface area contributed by atoms with Crippen LogP contribution in [0.25, 0.3) is 0 Å². The van der Waals surface area contributed by atoms with Gasteiger partial charge in [-0.05, 0) is 99.3 Å². The van der Waals surface area contributed by atoms with Gasteiger partial charge in [-0.1, -0.05) is 39.0 Å². The van der Waals surface area contributed by atoms with Crippen LogP contribution in [0.1, 0.15) is 127 Å². The third kappa shape index (κ3) is 11.4. The molecular weight excluding hydrogens is 486 g/mol. The average molecular weight is 546 g/mol. The van der Waals surface area contributed by atoms with Gasteiger partial charge in [-0.2, -0.15) is 15.0 Å². The van der Waals surface area contributed by atoms with Crippen LogP contribution < -0.4 is 26.0 Å². The van der Waals surface area contributed by atoms with Gasteiger partial charge in [-0.25, -0.2) is 0 Å². The maximum atomic E-state index is 6.05. The number of piperidine rings is 2. The average Bonchev–Trinajstić information content (AvgIpc) is 2.77. The molecule has 1 aromatic heterocycles. The molecule has 0 amide bonds. The number of ether oxygens (including phenoxy) is 1. The van der Waals surface area contributed by atoms with E-state index < -0.39 is 0 Å². The van der Waals surface area contributed by atoms with Crippen molar-refractivity contribution in [3.63, 3.8) is 0 Å². The normalized spacial score (nSPS) is 22.4. The monoisotopic (exact) mass is 545 g/mol. The van der Waals surface area contributed by atoms with Crippen molar-refractivity contribution in [3.05, 3.63) is 0 Å². The number of rotatable bonds is 14. The number of nitrogens with one attached hydrogen (secondary N) is 4. The van der Waals surface area contributed by atoms with Gasteiger partial charge in [0.2, 0.25) is 11.9 Å². The van der Waals surface area contributed by atoms with E-state index in [4.69, 9.17) is 9.72 Å². The van der Waals surface area contributed by atoms with Gasteiger partial charge in [0.1, 0.15) is 0 Å². The molecule has 1 aromatic rings. The highest BCUT2D eigenvalue weighted by atomic mass is 16.5. The van der Waals surface area contributed by atoms with Crippen molar-refractivity contribution in [3.8, 4) is 6.01 Å². The van der Waals surface area contributed by atoms with Gasteiger partial charge < -0.3 is 26.0 Å². The van der Waals surface area contributed by atoms with Gasteiger partial charge in [-0.3, -0.25) is 0 Å². The first-order chi connectivity index (χ1) is 18.2. The maximum absolute atomic E-state index is 6.05. The summed E-state index contributed by atoms with van der Waals surface area (Å²) < 4.78 is 6.05. The Morgan fingerprint density at radius 2 is 1.05 bits per heavy atom. The van der Waals surface area contributed by atoms with Gasteiger partial charge in [0.05, 0.1) is 6.61 Å². The zero-order valence-electron chi connectivity index (χ0n) is 26.6. The van der Waals surface area contributed by atoms with Crippen molar-refractivity contribution in [2.24, 2.45) is 11.8 Å². The van der Waals surface area contributed by atoms with Gasteiger partial charge in [0, 0.05) is 35.2 Å². The zero-order valence-corrected chi connectivity index (χ0v) is 26.6. The fourth-order valence-corrected chi connectivity index (χ4v) is 7.45. The Hall–Kier alpha value is -1.67. The van der Waals surface area contributed by atoms with Gasteiger partial charge >= 0.3 is 6.01 Å². The molecule has 3 rings (SSSR count). The van der Waals surface area contributed by atoms with E-state index >= 15 is 0 Å². The molecular formula is C31H59N7O. The van der Waals surface area contributed by atoms with E-state index in [1.54, 1.807) is 0 Å². The molecule has 0 saturated carbocycles. The van der Waals surface area contributed by atoms with Crippen LogP contribution in [0, 0.1) is 11.8 Å². The molecule has 224 valence electrons. The molecule has 39 heavy (non-hydrogen) atoms. The number of aromatic nitrogens is 3. The summed E-state index contributed by atoms with van der Waals surface area (Å²) >= 11 is 0. The number of anilines is 2. The molecule has 0 aliphatic carbocycles. The predicted molar refractivity (Wildman–Crippen MR) is 164 cm³/mol. The van der Waals surface area contributed by atoms with Crippen molar-refractivity contribution in [1.82, 2.24) is 25.6 Å². The van der Waals surface area contributed by atoms with Crippen molar-refractivity contribution in [2.45, 2.75) is 149 Å². The molecule has 0 radical (unpaired) electrons. The Morgan fingerprint density at radius 3 is 1.49 bits per heavy atom. The Kier molecular flexibility index (Phi) is 10.9. The quantitative estimate of drug-likeness (QED) is 0.196. The van der Waals surface area contributed by atoms with Gasteiger partial charge in [-0.15, -0.1) is 0 Å². The highest BCUT2D eigenvalue weighted by Crippen LogP contribution is 2.34. The Morgan fingerprint density at radius 1 is 0.641 bits per heavy atom. The molecule has 4 N–H and O–H groups in total. The first kappa shape index (κ1) is 31.9. The summed E-state index contributed by atoms with van der Waals surface area (Å²) in [4.78, 5) is 14.1. The maximum Gasteiger partial charge on any atom is 0.323 e. The summed E-state index contributed by atoms with van der Waals surface area (Å²) in [7, 11) is 0. The summed E-state index contributed by atoms with van der Waals surface area (Å²) in [6.45, 7) is 22.9. The lowest BCUT2D eigenvalue weighted by molar-refractivity contribution is 0.134. The minimum atomic E-state index is 0.113. The highest BCUT2D eigenvalue weighted by Gasteiger charge is 2.38. The van der Waals surface area contributed by atoms with Crippen LogP contribution in [0.3, 0.4) is 0 Å². The lowest BCUT2D eigenvalue weighted by Crippen LogP contribution is -2.58. The first-order valence-corrected chi connectivity index (χ1v) is 15.6. The number of nitrogens with zero attached hydrogens (tertiary/aromatic N) is 3. The topological polar surface area (TPSA) is 96.0 Å². The summed E-state index contributed by atoms with van der Waals surface area (Å²) in [5, 5.41) is 14.6. The van der Waals surface area contributed by atoms with Gasteiger partial charge in [0.25, 0.3) is 0 Å². The number of unbranched alkanes of at least 4 members (excludes halogenated alkanes) is 5. The van der Waals surface area contributed by atoms with Crippen LogP contribution >= 0.6 is 0 Å². The lowest BCUT2D eigenvalue weighted by atomic mass is 9.76. The van der Waals surface area contributed by atoms with E-state index in [0.717, 1.165) is 45.2 Å². The molecule has 8 nitrogen and oxygen atoms in total. The molecule has 0 unspecified atom stereocenters. The summed E-state index contributed by atoms with van der Waals surface area (Å²) in [6, 6.07) is 0.417. The standard InChI is InChI=1S/C31H59N7O/c1-10-11-12-13-14-15-16-39-27-35-25(32-21-23-17-28(2,3)37-29(4,5)18-23)34-26(36-27)33-22-24-19-30(6,7)38-31(8,9)20-24/h23-24,37-38H,10-22H2,1-9H3,(H2,32,33,34,35,36). The fourth-order valence-electron chi connectivity index (χ4n) is 7.45.